The molecule has 0 bridgehead atoms. The lowest BCUT2D eigenvalue weighted by molar-refractivity contribution is -0.150. The van der Waals surface area contributed by atoms with Gasteiger partial charge in [0.2, 0.25) is 35.4 Å². The molecule has 4 rings (SSSR count). The third kappa shape index (κ3) is 10.1. The number of carbonyl (C=O) groups excluding carboxylic acids is 6. The number of amides is 6. The van der Waals surface area contributed by atoms with Crippen LogP contribution in [0.3, 0.4) is 0 Å². The molecule has 1 aromatic carbocycles. The van der Waals surface area contributed by atoms with Gasteiger partial charge in [-0.3, -0.25) is 28.8 Å². The van der Waals surface area contributed by atoms with Gasteiger partial charge in [0.25, 0.3) is 0 Å². The first-order valence-corrected chi connectivity index (χ1v) is 17.6. The summed E-state index contributed by atoms with van der Waals surface area (Å²) in [7, 11) is 0. The third-order valence-corrected chi connectivity index (χ3v) is 9.65. The second kappa shape index (κ2) is 17.8. The molecule has 16 nitrogen and oxygen atoms in total. The Balaban J connectivity index is 1.43. The van der Waals surface area contributed by atoms with Crippen LogP contribution in [0.4, 0.5) is 0 Å². The number of nitrogens with one attached hydrogen (secondary N) is 7. The Bertz CT molecular complexity index is 1600. The molecule has 0 unspecified atom stereocenters. The van der Waals surface area contributed by atoms with Gasteiger partial charge in [0.1, 0.15) is 30.2 Å². The largest absolute Gasteiger partial charge is 0.480 e. The number of aliphatic carboxylic acids is 1. The number of likely N-dealkylation sites (tertiary alicyclic amines) is 1. The van der Waals surface area contributed by atoms with E-state index in [1.54, 1.807) is 13.1 Å². The van der Waals surface area contributed by atoms with Gasteiger partial charge in [-0.2, -0.15) is 0 Å². The zero-order valence-corrected chi connectivity index (χ0v) is 29.5. The molecular formula is C35H50N8O8. The summed E-state index contributed by atoms with van der Waals surface area (Å²) in [4.78, 5) is 94.9. The van der Waals surface area contributed by atoms with Gasteiger partial charge >= 0.3 is 5.97 Å². The predicted octanol–water partition coefficient (Wildman–Crippen LogP) is -0.321. The normalized spacial score (nSPS) is 20.0. The maximum absolute atomic E-state index is 14.0. The molecule has 16 heteroatoms. The summed E-state index contributed by atoms with van der Waals surface area (Å²) >= 11 is 0. The van der Waals surface area contributed by atoms with E-state index < -0.39 is 65.7 Å². The van der Waals surface area contributed by atoms with Crippen molar-refractivity contribution in [3.05, 3.63) is 36.0 Å². The van der Waals surface area contributed by atoms with E-state index in [9.17, 15) is 38.7 Å². The summed E-state index contributed by atoms with van der Waals surface area (Å²) in [6, 6.07) is 1.73. The van der Waals surface area contributed by atoms with Crippen molar-refractivity contribution in [2.45, 2.75) is 102 Å². The first kappa shape index (κ1) is 38.8. The first-order valence-electron chi connectivity index (χ1n) is 17.6. The highest BCUT2D eigenvalue weighted by Gasteiger charge is 2.40. The molecule has 2 saturated heterocycles. The molecule has 2 fully saturated rings. The van der Waals surface area contributed by atoms with Crippen molar-refractivity contribution in [3.8, 4) is 0 Å². The van der Waals surface area contributed by atoms with E-state index in [1.165, 1.54) is 18.7 Å². The number of carboxylic acids is 1. The van der Waals surface area contributed by atoms with E-state index in [1.807, 2.05) is 31.2 Å². The average molecular weight is 711 g/mol. The molecule has 1 aromatic heterocycles. The molecule has 278 valence electrons. The van der Waals surface area contributed by atoms with E-state index in [4.69, 9.17) is 0 Å². The van der Waals surface area contributed by atoms with Gasteiger partial charge in [-0.1, -0.05) is 38.5 Å². The number of carbonyl (C=O) groups is 7. The lowest BCUT2D eigenvalue weighted by Gasteiger charge is -2.31. The molecule has 6 amide bonds. The molecule has 0 spiro atoms. The molecule has 0 aliphatic carbocycles. The van der Waals surface area contributed by atoms with Crippen LogP contribution in [-0.2, 0) is 40.0 Å². The van der Waals surface area contributed by atoms with Crippen LogP contribution in [-0.4, -0.2) is 112 Å². The van der Waals surface area contributed by atoms with Crippen LogP contribution in [0.2, 0.25) is 0 Å². The van der Waals surface area contributed by atoms with E-state index >= 15 is 0 Å². The Morgan fingerprint density at radius 1 is 0.902 bits per heavy atom. The van der Waals surface area contributed by atoms with Crippen molar-refractivity contribution in [2.24, 2.45) is 5.92 Å². The third-order valence-electron chi connectivity index (χ3n) is 9.65. The van der Waals surface area contributed by atoms with Gasteiger partial charge in [-0.25, -0.2) is 4.79 Å². The molecule has 3 heterocycles. The number of H-pyrrole nitrogens is 1. The number of aromatic amines is 1. The number of carboxylic acid groups (broad SMARTS) is 1. The van der Waals surface area contributed by atoms with Crippen LogP contribution in [0.5, 0.6) is 0 Å². The fourth-order valence-corrected chi connectivity index (χ4v) is 6.39. The van der Waals surface area contributed by atoms with Gasteiger partial charge in [0, 0.05) is 30.1 Å². The quantitative estimate of drug-likeness (QED) is 0.114. The number of hydrogen-bond acceptors (Lipinski definition) is 8. The number of fused-ring (bicyclic) bond motifs is 1. The van der Waals surface area contributed by atoms with Crippen LogP contribution in [0.1, 0.15) is 65.4 Å². The summed E-state index contributed by atoms with van der Waals surface area (Å²) in [6.45, 7) is 7.20. The molecule has 51 heavy (non-hydrogen) atoms. The van der Waals surface area contributed by atoms with Crippen molar-refractivity contribution in [3.63, 3.8) is 0 Å². The summed E-state index contributed by atoms with van der Waals surface area (Å²) < 4.78 is 0. The summed E-state index contributed by atoms with van der Waals surface area (Å²) in [5, 5.41) is 26.7. The minimum atomic E-state index is -1.18. The van der Waals surface area contributed by atoms with Crippen LogP contribution in [0.15, 0.2) is 30.5 Å². The molecule has 7 atom stereocenters. The highest BCUT2D eigenvalue weighted by atomic mass is 16.4. The second-order valence-electron chi connectivity index (χ2n) is 13.4. The maximum atomic E-state index is 14.0. The Labute approximate surface area is 296 Å². The van der Waals surface area contributed by atoms with Gasteiger partial charge in [0.05, 0.1) is 12.6 Å². The Morgan fingerprint density at radius 2 is 1.61 bits per heavy atom. The van der Waals surface area contributed by atoms with Crippen molar-refractivity contribution in [2.75, 3.05) is 19.6 Å². The molecule has 0 radical (unpaired) electrons. The zero-order valence-electron chi connectivity index (χ0n) is 29.5. The number of hydrogen-bond donors (Lipinski definition) is 8. The van der Waals surface area contributed by atoms with E-state index in [0.717, 1.165) is 29.4 Å². The summed E-state index contributed by atoms with van der Waals surface area (Å²) in [5.41, 5.74) is 1.55. The van der Waals surface area contributed by atoms with Gasteiger partial charge in [-0.05, 0) is 63.6 Å². The number of rotatable bonds is 16. The summed E-state index contributed by atoms with van der Waals surface area (Å²) in [6.07, 6.45) is 4.69. The zero-order chi connectivity index (χ0) is 37.2. The fourth-order valence-electron chi connectivity index (χ4n) is 6.39. The number of benzene rings is 1. The van der Waals surface area contributed by atoms with Crippen LogP contribution < -0.4 is 31.9 Å². The molecule has 0 saturated carbocycles. The van der Waals surface area contributed by atoms with Crippen LogP contribution >= 0.6 is 0 Å². The van der Waals surface area contributed by atoms with Crippen molar-refractivity contribution >= 4 is 52.3 Å². The molecule has 8 N–H and O–H groups in total. The molecular weight excluding hydrogens is 660 g/mol. The SMILES string of the molecule is CC[C@H](C)[C@H](NC(=O)[C@H](Cc1c[nH]c2ccccc12)NC(=O)[C@H](C)NC(=O)[C@H](C)NC(=O)CNC(=O)[C@@H]1CCCN1)C(=O)N1CCC[C@H]1C(=O)O. The molecule has 2 aliphatic heterocycles. The second-order valence-corrected chi connectivity index (χ2v) is 13.4. The monoisotopic (exact) mass is 710 g/mol. The fraction of sp³-hybridized carbons (Fsp3) is 0.571. The van der Waals surface area contributed by atoms with Crippen molar-refractivity contribution < 1.29 is 38.7 Å². The molecule has 2 aliphatic rings. The smallest absolute Gasteiger partial charge is 0.326 e. The highest BCUT2D eigenvalue weighted by Crippen LogP contribution is 2.23. The van der Waals surface area contributed by atoms with Crippen LogP contribution in [0, 0.1) is 5.92 Å². The average Bonchev–Trinajstić information content (AvgIpc) is 3.90. The maximum Gasteiger partial charge on any atom is 0.326 e. The van der Waals surface area contributed by atoms with Crippen LogP contribution in [0.25, 0.3) is 10.9 Å². The topological polar surface area (TPSA) is 231 Å². The standard InChI is InChI=1S/C35H50N8O8/c1-5-19(2)29(34(49)43-15-9-13-27(43)35(50)51)42-33(48)26(16-22-17-37-24-11-7-6-10-23(22)24)41-31(46)21(4)40-30(45)20(3)39-28(44)18-38-32(47)25-12-8-14-36-25/h6-7,10-11,17,19-21,25-27,29,36-37H,5,8-9,12-16,18H2,1-4H3,(H,38,47)(H,39,44)(H,40,45)(H,41,46)(H,42,48)(H,50,51)/t19-,20-,21-,25-,26-,27-,29-/m0/s1. The Hall–Kier alpha value is -4.99. The van der Waals surface area contributed by atoms with Gasteiger partial charge < -0.3 is 46.9 Å². The number of nitrogens with zero attached hydrogens (tertiary/aromatic N) is 1. The Kier molecular flexibility index (Phi) is 13.5. The molecule has 2 aromatic rings. The lowest BCUT2D eigenvalue weighted by atomic mass is 9.96. The van der Waals surface area contributed by atoms with Gasteiger partial charge in [0.15, 0.2) is 0 Å². The van der Waals surface area contributed by atoms with E-state index in [-0.39, 0.29) is 37.4 Å². The first-order chi connectivity index (χ1) is 24.3. The minimum Gasteiger partial charge on any atom is -0.480 e. The van der Waals surface area contributed by atoms with Gasteiger partial charge in [-0.15, -0.1) is 0 Å². The predicted molar refractivity (Wildman–Crippen MR) is 187 cm³/mol. The highest BCUT2D eigenvalue weighted by molar-refractivity contribution is 5.97. The number of aromatic nitrogens is 1. The van der Waals surface area contributed by atoms with E-state index in [2.05, 4.69) is 36.9 Å². The minimum absolute atomic E-state index is 0.0414. The van der Waals surface area contributed by atoms with E-state index in [0.29, 0.717) is 25.7 Å². The lowest BCUT2D eigenvalue weighted by Crippen LogP contribution is -2.60. The van der Waals surface area contributed by atoms with Crippen molar-refractivity contribution in [1.82, 2.24) is 41.8 Å². The number of para-hydroxylation sites is 1. The summed E-state index contributed by atoms with van der Waals surface area (Å²) in [5.74, 6) is -4.80. The van der Waals surface area contributed by atoms with Crippen molar-refractivity contribution in [1.29, 1.82) is 0 Å². The Morgan fingerprint density at radius 3 is 2.29 bits per heavy atom.